The van der Waals surface area contributed by atoms with Gasteiger partial charge in [-0.05, 0) is 100 Å². The number of phenols is 2. The number of fused-ring (bicyclic) bond motifs is 2. The van der Waals surface area contributed by atoms with Crippen molar-refractivity contribution in [2.75, 3.05) is 116 Å². The summed E-state index contributed by atoms with van der Waals surface area (Å²) in [5, 5.41) is 63.3. The van der Waals surface area contributed by atoms with Crippen LogP contribution >= 0.6 is 23.5 Å². The van der Waals surface area contributed by atoms with E-state index in [1.807, 2.05) is 24.3 Å². The van der Waals surface area contributed by atoms with E-state index in [2.05, 4.69) is 47.5 Å². The van der Waals surface area contributed by atoms with Gasteiger partial charge in [0, 0.05) is 55.7 Å². The summed E-state index contributed by atoms with van der Waals surface area (Å²) in [7, 11) is 0. The number of benzene rings is 5. The number of carbonyl (C=O) groups is 10. The summed E-state index contributed by atoms with van der Waals surface area (Å²) >= 11 is 2.72. The zero-order chi connectivity index (χ0) is 75.7. The van der Waals surface area contributed by atoms with E-state index < -0.39 is 114 Å². The van der Waals surface area contributed by atoms with Crippen molar-refractivity contribution < 1.29 is 96.8 Å². The van der Waals surface area contributed by atoms with Crippen molar-refractivity contribution in [2.24, 2.45) is 5.73 Å². The van der Waals surface area contributed by atoms with E-state index in [0.29, 0.717) is 104 Å². The molecule has 1 heterocycles. The van der Waals surface area contributed by atoms with Crippen LogP contribution in [0.1, 0.15) is 47.9 Å². The van der Waals surface area contributed by atoms with Crippen molar-refractivity contribution in [3.63, 3.8) is 0 Å². The van der Waals surface area contributed by atoms with Gasteiger partial charge >= 0.3 is 11.9 Å². The van der Waals surface area contributed by atoms with Crippen LogP contribution < -0.4 is 48.3 Å². The summed E-state index contributed by atoms with van der Waals surface area (Å²) in [4.78, 5) is 142. The summed E-state index contributed by atoms with van der Waals surface area (Å²) < 4.78 is 32.9. The smallest absolute Gasteiger partial charge is 0.326 e. The molecule has 32 heteroatoms. The minimum Gasteiger partial charge on any atom is -0.508 e. The Labute approximate surface area is 616 Å². The molecule has 0 bridgehead atoms. The zero-order valence-corrected chi connectivity index (χ0v) is 60.4. The average molecular weight is 1500 g/mol. The van der Waals surface area contributed by atoms with Gasteiger partial charge in [-0.2, -0.15) is 23.5 Å². The number of nitrogens with one attached hydrogen (secondary N) is 9. The van der Waals surface area contributed by atoms with E-state index in [1.54, 1.807) is 73.3 Å². The fourth-order valence-corrected chi connectivity index (χ4v) is 11.6. The van der Waals surface area contributed by atoms with Crippen LogP contribution in [0.5, 0.6) is 11.5 Å². The van der Waals surface area contributed by atoms with Crippen LogP contribution in [0.2, 0.25) is 0 Å². The number of aromatic amines is 1. The Bertz CT molecular complexity index is 3740. The molecule has 0 spiro atoms. The third-order valence-electron chi connectivity index (χ3n) is 16.2. The first-order valence-electron chi connectivity index (χ1n) is 34.3. The molecule has 6 aromatic rings. The van der Waals surface area contributed by atoms with Crippen LogP contribution in [0.15, 0.2) is 121 Å². The predicted octanol–water partition coefficient (Wildman–Crippen LogP) is 2.03. The maximum atomic E-state index is 14.8. The lowest BCUT2D eigenvalue weighted by molar-refractivity contribution is -0.142. The van der Waals surface area contributed by atoms with Crippen molar-refractivity contribution >= 4 is 104 Å². The van der Waals surface area contributed by atoms with Gasteiger partial charge < -0.3 is 102 Å². The van der Waals surface area contributed by atoms with Gasteiger partial charge in [0.1, 0.15) is 53.8 Å². The monoisotopic (exact) mass is 1500 g/mol. The van der Waals surface area contributed by atoms with Gasteiger partial charge in [-0.3, -0.25) is 43.2 Å². The molecule has 570 valence electrons. The Hall–Kier alpha value is -9.38. The van der Waals surface area contributed by atoms with Crippen molar-refractivity contribution in [3.05, 3.63) is 144 Å². The fraction of sp³-hybridized carbons (Fsp3) is 0.452. The molecule has 0 saturated carbocycles. The van der Waals surface area contributed by atoms with Crippen molar-refractivity contribution in [1.82, 2.24) is 47.5 Å². The van der Waals surface area contributed by atoms with E-state index in [1.165, 1.54) is 59.9 Å². The number of rotatable bonds is 52. The first-order valence-corrected chi connectivity index (χ1v) is 37.1. The molecule has 0 aliphatic carbocycles. The lowest BCUT2D eigenvalue weighted by atomic mass is 10.00. The highest BCUT2D eigenvalue weighted by Gasteiger charge is 2.35. The molecule has 15 N–H and O–H groups in total. The Morgan fingerprint density at radius 3 is 1.38 bits per heavy atom. The number of aromatic nitrogens is 1. The molecule has 6 rings (SSSR count). The van der Waals surface area contributed by atoms with E-state index in [4.69, 9.17) is 34.2 Å². The summed E-state index contributed by atoms with van der Waals surface area (Å²) in [6.07, 6.45) is 3.38. The number of thioether (sulfide) groups is 2. The van der Waals surface area contributed by atoms with E-state index in [9.17, 15) is 68.4 Å². The number of phenolic OH excluding ortho intramolecular Hbond substituents is 2. The number of carboxylic acid groups (broad SMARTS) is 2. The normalized spacial score (nSPS) is 13.2. The van der Waals surface area contributed by atoms with Gasteiger partial charge in [0.05, 0.1) is 92.2 Å². The van der Waals surface area contributed by atoms with Gasteiger partial charge in [0.25, 0.3) is 0 Å². The first kappa shape index (κ1) is 84.6. The van der Waals surface area contributed by atoms with Gasteiger partial charge in [-0.15, -0.1) is 0 Å². The number of carboxylic acids is 2. The van der Waals surface area contributed by atoms with Crippen LogP contribution in [-0.4, -0.2) is 243 Å². The molecule has 0 aliphatic rings. The Kier molecular flexibility index (Phi) is 38.0. The molecule has 0 unspecified atom stereocenters. The molecule has 0 saturated heterocycles. The zero-order valence-electron chi connectivity index (χ0n) is 58.8. The molecule has 105 heavy (non-hydrogen) atoms. The van der Waals surface area contributed by atoms with Gasteiger partial charge in [-0.25, -0.2) is 4.79 Å². The van der Waals surface area contributed by atoms with Crippen LogP contribution in [-0.2, 0) is 102 Å². The minimum absolute atomic E-state index is 0.0145. The number of para-hydroxylation sites is 1. The largest absolute Gasteiger partial charge is 0.508 e. The Balaban J connectivity index is 1.12. The van der Waals surface area contributed by atoms with Crippen LogP contribution in [0.25, 0.3) is 21.7 Å². The number of hydrogen-bond donors (Lipinski definition) is 14. The highest BCUT2D eigenvalue weighted by molar-refractivity contribution is 7.98. The number of ether oxygens (including phenoxy) is 6. The second kappa shape index (κ2) is 47.2. The van der Waals surface area contributed by atoms with Gasteiger partial charge in [0.2, 0.25) is 47.3 Å². The molecule has 30 nitrogen and oxygen atoms in total. The fourth-order valence-electron chi connectivity index (χ4n) is 10.7. The second-order valence-electron chi connectivity index (χ2n) is 24.2. The number of hydrogen-bond acceptors (Lipinski definition) is 21. The molecule has 0 fully saturated rings. The molecule has 0 radical (unpaired) electrons. The quantitative estimate of drug-likeness (QED) is 0.0243. The maximum Gasteiger partial charge on any atom is 0.326 e. The SMILES string of the molecule is CSCC[C@H](NC(=O)[C@H](Cc1ccc(O)cc1)NC(=O)[C@H](Cc1c[nH]c2ccccc12)NC(=O)CNC(=O)[C@H](CC(=O)O)NC(=O)[C@H](Cc1ccc2ccccc2c1)NC(=O)[C@H](CCSC)NC(=O)[C@H](Cc1ccc(O)cc1)NC(=O)CCOCCOCCOCCOCCOCCOCCN)C(=O)O. The lowest BCUT2D eigenvalue weighted by Crippen LogP contribution is -2.59. The highest BCUT2D eigenvalue weighted by atomic mass is 32.2. The van der Waals surface area contributed by atoms with Crippen LogP contribution in [0, 0.1) is 0 Å². The molecule has 7 atom stereocenters. The minimum atomic E-state index is -1.89. The molecule has 1 aromatic heterocycles. The van der Waals surface area contributed by atoms with Crippen LogP contribution in [0.3, 0.4) is 0 Å². The van der Waals surface area contributed by atoms with Crippen molar-refractivity contribution in [2.45, 2.75) is 93.7 Å². The summed E-state index contributed by atoms with van der Waals surface area (Å²) in [6.45, 7) is 3.47. The predicted molar refractivity (Wildman–Crippen MR) is 394 cm³/mol. The highest BCUT2D eigenvalue weighted by Crippen LogP contribution is 2.22. The maximum absolute atomic E-state index is 14.8. The Morgan fingerprint density at radius 2 is 0.857 bits per heavy atom. The number of H-pyrrole nitrogens is 1. The van der Waals surface area contributed by atoms with Gasteiger partial charge in [-0.1, -0.05) is 84.9 Å². The number of aromatic hydroxyl groups is 2. The van der Waals surface area contributed by atoms with Gasteiger partial charge in [0.15, 0.2) is 0 Å². The number of carbonyl (C=O) groups excluding carboxylic acids is 8. The molecular weight excluding hydrogens is 1400 g/mol. The van der Waals surface area contributed by atoms with Crippen molar-refractivity contribution in [3.8, 4) is 11.5 Å². The molecule has 0 aliphatic heterocycles. The van der Waals surface area contributed by atoms with Crippen molar-refractivity contribution in [1.29, 1.82) is 0 Å². The number of aliphatic carboxylic acids is 2. The first-order chi connectivity index (χ1) is 50.7. The third kappa shape index (κ3) is 31.5. The summed E-state index contributed by atoms with van der Waals surface area (Å²) in [6, 6.07) is 21.2. The third-order valence-corrected chi connectivity index (χ3v) is 17.5. The van der Waals surface area contributed by atoms with E-state index >= 15 is 0 Å². The number of nitrogens with two attached hydrogens (primary N) is 1. The lowest BCUT2D eigenvalue weighted by Gasteiger charge is -2.27. The average Bonchev–Trinajstić information content (AvgIpc) is 1.67. The molecule has 8 amide bonds. The second-order valence-corrected chi connectivity index (χ2v) is 26.1. The molecular formula is C73H96N10O20S2. The topological polar surface area (TPSA) is 445 Å². The van der Waals surface area contributed by atoms with E-state index in [0.717, 1.165) is 10.8 Å². The Morgan fingerprint density at radius 1 is 0.438 bits per heavy atom. The van der Waals surface area contributed by atoms with E-state index in [-0.39, 0.29) is 82.9 Å². The molecule has 5 aromatic carbocycles. The summed E-state index contributed by atoms with van der Waals surface area (Å²) in [5.41, 5.74) is 8.17. The summed E-state index contributed by atoms with van der Waals surface area (Å²) in [5.74, 6) is -9.37. The van der Waals surface area contributed by atoms with Crippen LogP contribution in [0.4, 0.5) is 0 Å². The number of amides is 8. The standard InChI is InChI=1S/C73H96N10O20S2/c1-104-37-22-57(79-69(92)59(40-47-12-17-53(84)18-13-47)77-64(86)21-25-98-27-29-100-31-33-102-35-36-103-34-32-101-30-28-99-26-24-74)68(91)81-61(42-49-11-16-50-7-3-4-8-51(50)39-49)71(94)83-63(44-66(88)89)67(90)76-46-65(87)78-62(43-52-45-75-56-10-6-5-9-55(52)56)72(95)82-60(41-48-14-19-54(85)20-15-48)70(93)80-58(73(96)97)23-38-105-2/h3-20,39,45,57-63,75,84-85H,21-38,40-44,46,74H2,1-2H3,(H,76,90)(H,77,86)(H,78,87)(H,79,92)(H,80,93)(H,81,91)(H,82,95)(H,83,94)(H,88,89)(H,96,97)/t57-,58-,59-,60-,61-,62-,63-/m0/s1.